The number of hydrogen-bond acceptors (Lipinski definition) is 3. The predicted octanol–water partition coefficient (Wildman–Crippen LogP) is 2.72. The summed E-state index contributed by atoms with van der Waals surface area (Å²) in [6.45, 7) is 1.07. The normalized spacial score (nSPS) is 20.5. The maximum absolute atomic E-state index is 5.92. The molecule has 18 heavy (non-hydrogen) atoms. The summed E-state index contributed by atoms with van der Waals surface area (Å²) in [5.41, 5.74) is 1.08. The first-order valence-electron chi connectivity index (χ1n) is 6.51. The fourth-order valence-corrected chi connectivity index (χ4v) is 3.02. The van der Waals surface area contributed by atoms with Crippen LogP contribution in [0.1, 0.15) is 25.7 Å². The van der Waals surface area contributed by atoms with Crippen LogP contribution in [-0.4, -0.2) is 33.1 Å². The molecule has 2 aromatic heterocycles. The van der Waals surface area contributed by atoms with Gasteiger partial charge in [-0.15, -0.1) is 11.6 Å². The van der Waals surface area contributed by atoms with E-state index in [1.807, 2.05) is 29.2 Å². The highest BCUT2D eigenvalue weighted by molar-refractivity contribution is 6.17. The molecular formula is C13H17ClN4. The quantitative estimate of drug-likeness (QED) is 0.800. The average molecular weight is 265 g/mol. The van der Waals surface area contributed by atoms with E-state index in [0.29, 0.717) is 11.9 Å². The summed E-state index contributed by atoms with van der Waals surface area (Å²) in [6, 6.07) is 2.54. The van der Waals surface area contributed by atoms with Gasteiger partial charge in [0.15, 0.2) is 5.82 Å². The molecule has 0 aliphatic carbocycles. The second-order valence-electron chi connectivity index (χ2n) is 4.73. The molecule has 5 heteroatoms. The van der Waals surface area contributed by atoms with E-state index in [1.165, 1.54) is 19.3 Å². The van der Waals surface area contributed by atoms with Gasteiger partial charge >= 0.3 is 0 Å². The molecule has 1 aliphatic heterocycles. The Kier molecular flexibility index (Phi) is 3.37. The van der Waals surface area contributed by atoms with Crippen molar-refractivity contribution in [2.24, 2.45) is 0 Å². The lowest BCUT2D eigenvalue weighted by atomic mass is 10.00. The fraction of sp³-hybridized carbons (Fsp3) is 0.538. The van der Waals surface area contributed by atoms with E-state index >= 15 is 0 Å². The van der Waals surface area contributed by atoms with Crippen molar-refractivity contribution in [3.63, 3.8) is 0 Å². The lowest BCUT2D eigenvalue weighted by molar-refractivity contribution is 0.448. The van der Waals surface area contributed by atoms with E-state index in [4.69, 9.17) is 11.6 Å². The van der Waals surface area contributed by atoms with E-state index in [-0.39, 0.29) is 0 Å². The molecule has 3 heterocycles. The number of fused-ring (bicyclic) bond motifs is 1. The van der Waals surface area contributed by atoms with Crippen molar-refractivity contribution >= 4 is 22.9 Å². The molecule has 3 rings (SSSR count). The number of hydrogen-bond donors (Lipinski definition) is 0. The number of nitrogens with zero attached hydrogens (tertiary/aromatic N) is 4. The Hall–Kier alpha value is -1.29. The second kappa shape index (κ2) is 5.14. The van der Waals surface area contributed by atoms with Crippen LogP contribution in [0, 0.1) is 0 Å². The third kappa shape index (κ3) is 2.05. The Morgan fingerprint density at radius 2 is 2.28 bits per heavy atom. The number of anilines is 1. The Bertz CT molecular complexity index is 522. The first-order valence-corrected chi connectivity index (χ1v) is 7.04. The van der Waals surface area contributed by atoms with Crippen LogP contribution in [0.5, 0.6) is 0 Å². The van der Waals surface area contributed by atoms with Crippen LogP contribution in [0.15, 0.2) is 24.7 Å². The largest absolute Gasteiger partial charge is 0.352 e. The summed E-state index contributed by atoms with van der Waals surface area (Å²) in [7, 11) is 0. The zero-order valence-corrected chi connectivity index (χ0v) is 11.1. The zero-order valence-electron chi connectivity index (χ0n) is 10.3. The minimum absolute atomic E-state index is 0.518. The highest BCUT2D eigenvalue weighted by Gasteiger charge is 2.24. The van der Waals surface area contributed by atoms with E-state index in [9.17, 15) is 0 Å². The molecule has 1 unspecified atom stereocenters. The summed E-state index contributed by atoms with van der Waals surface area (Å²) in [5.74, 6) is 1.76. The standard InChI is InChI=1S/C13H17ClN4/c14-6-4-11-3-1-2-9-17(11)13-12-5-7-16-18(12)10-8-15-13/h5,7-8,10-11H,1-4,6,9H2. The molecule has 2 aromatic rings. The van der Waals surface area contributed by atoms with Crippen LogP contribution < -0.4 is 4.90 Å². The molecule has 0 radical (unpaired) electrons. The fourth-order valence-electron chi connectivity index (χ4n) is 2.77. The molecule has 0 amide bonds. The minimum Gasteiger partial charge on any atom is -0.352 e. The van der Waals surface area contributed by atoms with Crippen molar-refractivity contribution in [2.45, 2.75) is 31.7 Å². The first-order chi connectivity index (χ1) is 8.90. The smallest absolute Gasteiger partial charge is 0.154 e. The molecule has 1 atom stereocenters. The highest BCUT2D eigenvalue weighted by Crippen LogP contribution is 2.28. The maximum atomic E-state index is 5.92. The van der Waals surface area contributed by atoms with Crippen molar-refractivity contribution in [3.05, 3.63) is 24.7 Å². The zero-order chi connectivity index (χ0) is 12.4. The molecular weight excluding hydrogens is 248 g/mol. The molecule has 0 saturated carbocycles. The Morgan fingerprint density at radius 3 is 3.17 bits per heavy atom. The maximum Gasteiger partial charge on any atom is 0.154 e. The Morgan fingerprint density at radius 1 is 1.33 bits per heavy atom. The van der Waals surface area contributed by atoms with Gasteiger partial charge in [0.1, 0.15) is 5.52 Å². The van der Waals surface area contributed by atoms with Crippen LogP contribution in [0.3, 0.4) is 0 Å². The molecule has 0 N–H and O–H groups in total. The van der Waals surface area contributed by atoms with Gasteiger partial charge in [0, 0.05) is 30.9 Å². The second-order valence-corrected chi connectivity index (χ2v) is 5.11. The van der Waals surface area contributed by atoms with Crippen molar-refractivity contribution in [1.82, 2.24) is 14.6 Å². The van der Waals surface area contributed by atoms with Crippen molar-refractivity contribution in [3.8, 4) is 0 Å². The van der Waals surface area contributed by atoms with E-state index < -0.39 is 0 Å². The Balaban J connectivity index is 1.98. The summed E-state index contributed by atoms with van der Waals surface area (Å²) in [4.78, 5) is 6.96. The molecule has 0 spiro atoms. The van der Waals surface area contributed by atoms with Crippen molar-refractivity contribution in [1.29, 1.82) is 0 Å². The van der Waals surface area contributed by atoms with Gasteiger partial charge in [-0.05, 0) is 31.7 Å². The predicted molar refractivity (Wildman–Crippen MR) is 73.3 cm³/mol. The molecule has 1 saturated heterocycles. The third-order valence-corrected chi connectivity index (χ3v) is 3.86. The molecule has 4 nitrogen and oxygen atoms in total. The van der Waals surface area contributed by atoms with Crippen molar-refractivity contribution < 1.29 is 0 Å². The van der Waals surface area contributed by atoms with Crippen molar-refractivity contribution in [2.75, 3.05) is 17.3 Å². The van der Waals surface area contributed by atoms with E-state index in [0.717, 1.165) is 24.3 Å². The molecule has 96 valence electrons. The van der Waals surface area contributed by atoms with E-state index in [2.05, 4.69) is 15.0 Å². The van der Waals surface area contributed by atoms with Gasteiger partial charge in [0.25, 0.3) is 0 Å². The molecule has 1 aliphatic rings. The summed E-state index contributed by atoms with van der Waals surface area (Å²) >= 11 is 5.92. The third-order valence-electron chi connectivity index (χ3n) is 3.65. The van der Waals surface area contributed by atoms with Gasteiger partial charge in [0.05, 0.1) is 6.20 Å². The van der Waals surface area contributed by atoms with Gasteiger partial charge in [0.2, 0.25) is 0 Å². The summed E-state index contributed by atoms with van der Waals surface area (Å²) in [6.07, 6.45) is 10.3. The molecule has 0 bridgehead atoms. The molecule has 0 aromatic carbocycles. The molecule has 1 fully saturated rings. The van der Waals surface area contributed by atoms with Gasteiger partial charge in [-0.25, -0.2) is 9.50 Å². The van der Waals surface area contributed by atoms with Crippen LogP contribution >= 0.6 is 11.6 Å². The van der Waals surface area contributed by atoms with Crippen LogP contribution in [0.2, 0.25) is 0 Å². The van der Waals surface area contributed by atoms with Gasteiger partial charge in [-0.1, -0.05) is 0 Å². The minimum atomic E-state index is 0.518. The van der Waals surface area contributed by atoms with Gasteiger partial charge < -0.3 is 4.90 Å². The summed E-state index contributed by atoms with van der Waals surface area (Å²) < 4.78 is 1.88. The monoisotopic (exact) mass is 264 g/mol. The lowest BCUT2D eigenvalue weighted by Crippen LogP contribution is -2.40. The SMILES string of the molecule is ClCCC1CCCCN1c1nccn2nccc12. The highest BCUT2D eigenvalue weighted by atomic mass is 35.5. The van der Waals surface area contributed by atoms with Gasteiger partial charge in [-0.3, -0.25) is 0 Å². The lowest BCUT2D eigenvalue weighted by Gasteiger charge is -2.36. The number of aromatic nitrogens is 3. The number of alkyl halides is 1. The average Bonchev–Trinajstić information content (AvgIpc) is 2.88. The number of halogens is 1. The van der Waals surface area contributed by atoms with Crippen LogP contribution in [0.4, 0.5) is 5.82 Å². The topological polar surface area (TPSA) is 33.4 Å². The first kappa shape index (κ1) is 11.8. The Labute approximate surface area is 112 Å². The van der Waals surface area contributed by atoms with Gasteiger partial charge in [-0.2, -0.15) is 5.10 Å². The van der Waals surface area contributed by atoms with E-state index in [1.54, 1.807) is 0 Å². The van der Waals surface area contributed by atoms with Crippen LogP contribution in [0.25, 0.3) is 5.52 Å². The number of piperidine rings is 1. The summed E-state index contributed by atoms with van der Waals surface area (Å²) in [5, 5.41) is 4.27. The van der Waals surface area contributed by atoms with Crippen LogP contribution in [-0.2, 0) is 0 Å². The number of rotatable bonds is 3.